The van der Waals surface area contributed by atoms with Crippen molar-refractivity contribution in [2.45, 2.75) is 53.1 Å². The van der Waals surface area contributed by atoms with E-state index in [0.717, 1.165) is 24.7 Å². The van der Waals surface area contributed by atoms with E-state index >= 15 is 0 Å². The first-order valence-corrected chi connectivity index (χ1v) is 8.05. The molecule has 2 N–H and O–H groups in total. The quantitative estimate of drug-likeness (QED) is 0.862. The molecule has 1 aromatic rings. The van der Waals surface area contributed by atoms with Gasteiger partial charge in [-0.3, -0.25) is 0 Å². The van der Waals surface area contributed by atoms with Crippen molar-refractivity contribution < 1.29 is 10.2 Å². The van der Waals surface area contributed by atoms with E-state index in [1.165, 1.54) is 19.3 Å². The molecular weight excluding hydrogens is 262 g/mol. The summed E-state index contributed by atoms with van der Waals surface area (Å²) in [5.41, 5.74) is 2.03. The Morgan fingerprint density at radius 3 is 2.48 bits per heavy atom. The highest BCUT2D eigenvalue weighted by atomic mass is 16.3. The monoisotopic (exact) mass is 291 g/mol. The largest absolute Gasteiger partial charge is 0.507 e. The zero-order valence-corrected chi connectivity index (χ0v) is 13.8. The van der Waals surface area contributed by atoms with E-state index in [1.54, 1.807) is 13.0 Å². The second kappa shape index (κ2) is 6.27. The fraction of sp³-hybridized carbons (Fsp3) is 0.667. The highest BCUT2D eigenvalue weighted by Crippen LogP contribution is 2.36. The molecule has 0 aliphatic carbocycles. The first kappa shape index (κ1) is 16.2. The van der Waals surface area contributed by atoms with Crippen molar-refractivity contribution in [2.24, 2.45) is 11.3 Å². The average Bonchev–Trinajstić information content (AvgIpc) is 2.63. The Morgan fingerprint density at radius 2 is 1.90 bits per heavy atom. The number of nitrogens with zero attached hydrogens (tertiary/aromatic N) is 1. The van der Waals surface area contributed by atoms with E-state index < -0.39 is 6.10 Å². The molecule has 2 unspecified atom stereocenters. The number of benzene rings is 1. The molecule has 21 heavy (non-hydrogen) atoms. The summed E-state index contributed by atoms with van der Waals surface area (Å²) in [6, 6.07) is 5.64. The number of phenols is 1. The first-order valence-electron chi connectivity index (χ1n) is 8.05. The maximum Gasteiger partial charge on any atom is 0.123 e. The van der Waals surface area contributed by atoms with Gasteiger partial charge in [0.2, 0.25) is 0 Å². The van der Waals surface area contributed by atoms with Gasteiger partial charge < -0.3 is 15.1 Å². The zero-order valence-electron chi connectivity index (χ0n) is 13.8. The normalized spacial score (nSPS) is 22.0. The molecule has 0 radical (unpaired) electrons. The lowest BCUT2D eigenvalue weighted by Crippen LogP contribution is -2.26. The van der Waals surface area contributed by atoms with Gasteiger partial charge in [0.05, 0.1) is 6.10 Å². The Bertz CT molecular complexity index is 477. The fourth-order valence-corrected chi connectivity index (χ4v) is 3.30. The van der Waals surface area contributed by atoms with Crippen LogP contribution < -0.4 is 4.90 Å². The maximum absolute atomic E-state index is 10.1. The molecule has 118 valence electrons. The molecule has 2 rings (SSSR count). The van der Waals surface area contributed by atoms with Crippen molar-refractivity contribution in [3.8, 4) is 5.75 Å². The molecule has 3 heteroatoms. The van der Waals surface area contributed by atoms with E-state index in [-0.39, 0.29) is 5.75 Å². The van der Waals surface area contributed by atoms with Crippen molar-refractivity contribution in [1.82, 2.24) is 0 Å². The van der Waals surface area contributed by atoms with Gasteiger partial charge in [0.1, 0.15) is 5.75 Å². The summed E-state index contributed by atoms with van der Waals surface area (Å²) >= 11 is 0. The van der Waals surface area contributed by atoms with Gasteiger partial charge in [0.25, 0.3) is 0 Å². The maximum atomic E-state index is 10.1. The second-order valence-corrected chi connectivity index (χ2v) is 7.40. The van der Waals surface area contributed by atoms with Gasteiger partial charge >= 0.3 is 0 Å². The van der Waals surface area contributed by atoms with E-state index in [1.807, 2.05) is 12.1 Å². The van der Waals surface area contributed by atoms with Crippen LogP contribution in [0.4, 0.5) is 5.69 Å². The Morgan fingerprint density at radius 1 is 1.19 bits per heavy atom. The molecular formula is C18H29NO2. The summed E-state index contributed by atoms with van der Waals surface area (Å²) in [5.74, 6) is 0.951. The summed E-state index contributed by atoms with van der Waals surface area (Å²) in [5, 5.41) is 19.7. The first-order chi connectivity index (χ1) is 9.79. The third-order valence-corrected chi connectivity index (χ3v) is 4.78. The van der Waals surface area contributed by atoms with Crippen LogP contribution in [0.1, 0.15) is 58.6 Å². The number of hydrogen-bond donors (Lipinski definition) is 2. The topological polar surface area (TPSA) is 43.7 Å². The van der Waals surface area contributed by atoms with Gasteiger partial charge in [-0.1, -0.05) is 26.8 Å². The van der Waals surface area contributed by atoms with Gasteiger partial charge in [0.15, 0.2) is 0 Å². The van der Waals surface area contributed by atoms with E-state index in [0.29, 0.717) is 11.0 Å². The van der Waals surface area contributed by atoms with Crippen molar-refractivity contribution in [1.29, 1.82) is 0 Å². The fourth-order valence-electron chi connectivity index (χ4n) is 3.30. The number of hydrogen-bond acceptors (Lipinski definition) is 3. The summed E-state index contributed by atoms with van der Waals surface area (Å²) in [4.78, 5) is 2.36. The molecule has 1 aliphatic rings. The van der Waals surface area contributed by atoms with Gasteiger partial charge in [-0.25, -0.2) is 0 Å². The molecule has 1 saturated heterocycles. The minimum atomic E-state index is -0.631. The van der Waals surface area contributed by atoms with Gasteiger partial charge in [-0.05, 0) is 43.6 Å². The van der Waals surface area contributed by atoms with Crippen LogP contribution in [0.2, 0.25) is 0 Å². The van der Waals surface area contributed by atoms with Crippen LogP contribution in [0.15, 0.2) is 18.2 Å². The van der Waals surface area contributed by atoms with Crippen LogP contribution in [-0.2, 0) is 0 Å². The predicted octanol–water partition coefficient (Wildman–Crippen LogP) is 4.10. The minimum absolute atomic E-state index is 0.194. The molecule has 3 nitrogen and oxygen atoms in total. The van der Waals surface area contributed by atoms with E-state index in [4.69, 9.17) is 0 Å². The molecule has 0 bridgehead atoms. The Labute approximate surface area is 128 Å². The highest BCUT2D eigenvalue weighted by molar-refractivity contribution is 5.54. The second-order valence-electron chi connectivity index (χ2n) is 7.40. The Balaban J connectivity index is 2.11. The van der Waals surface area contributed by atoms with E-state index in [9.17, 15) is 10.2 Å². The number of aliphatic hydroxyl groups excluding tert-OH is 1. The third kappa shape index (κ3) is 3.91. The third-order valence-electron chi connectivity index (χ3n) is 4.78. The lowest BCUT2D eigenvalue weighted by molar-refractivity contribution is 0.195. The van der Waals surface area contributed by atoms with Gasteiger partial charge in [-0.2, -0.15) is 0 Å². The SMILES string of the molecule is CC(O)c1ccc(N2CCCC(C(C)(C)C)CC2)cc1O. The van der Waals surface area contributed by atoms with Crippen LogP contribution in [0, 0.1) is 11.3 Å². The molecule has 1 aromatic carbocycles. The molecule has 1 aliphatic heterocycles. The number of aromatic hydroxyl groups is 1. The molecule has 1 fully saturated rings. The van der Waals surface area contributed by atoms with Gasteiger partial charge in [0, 0.05) is 30.4 Å². The lowest BCUT2D eigenvalue weighted by Gasteiger charge is -2.30. The molecule has 1 heterocycles. The Hall–Kier alpha value is -1.22. The van der Waals surface area contributed by atoms with E-state index in [2.05, 4.69) is 25.7 Å². The smallest absolute Gasteiger partial charge is 0.123 e. The van der Waals surface area contributed by atoms with Crippen molar-refractivity contribution >= 4 is 5.69 Å². The average molecular weight is 291 g/mol. The molecule has 0 spiro atoms. The predicted molar refractivity (Wildman–Crippen MR) is 87.7 cm³/mol. The molecule has 2 atom stereocenters. The van der Waals surface area contributed by atoms with Crippen LogP contribution in [0.3, 0.4) is 0 Å². The molecule has 0 saturated carbocycles. The number of phenolic OH excluding ortho intramolecular Hbond substituents is 1. The number of anilines is 1. The standard InChI is InChI=1S/C18H29NO2/c1-13(20)16-8-7-15(12-17(16)21)19-10-5-6-14(9-11-19)18(2,3)4/h7-8,12-14,20-21H,5-6,9-11H2,1-4H3. The Kier molecular flexibility index (Phi) is 4.82. The van der Waals surface area contributed by atoms with Crippen LogP contribution in [0.25, 0.3) is 0 Å². The van der Waals surface area contributed by atoms with Gasteiger partial charge in [-0.15, -0.1) is 0 Å². The van der Waals surface area contributed by atoms with Crippen molar-refractivity contribution in [3.63, 3.8) is 0 Å². The van der Waals surface area contributed by atoms with Crippen LogP contribution in [-0.4, -0.2) is 23.3 Å². The van der Waals surface area contributed by atoms with Crippen LogP contribution in [0.5, 0.6) is 5.75 Å². The lowest BCUT2D eigenvalue weighted by atomic mass is 9.77. The van der Waals surface area contributed by atoms with Crippen molar-refractivity contribution in [2.75, 3.05) is 18.0 Å². The molecule has 0 amide bonds. The summed E-state index contributed by atoms with van der Waals surface area (Å²) in [7, 11) is 0. The minimum Gasteiger partial charge on any atom is -0.507 e. The summed E-state index contributed by atoms with van der Waals surface area (Å²) < 4.78 is 0. The summed E-state index contributed by atoms with van der Waals surface area (Å²) in [6.07, 6.45) is 3.04. The van der Waals surface area contributed by atoms with Crippen molar-refractivity contribution in [3.05, 3.63) is 23.8 Å². The zero-order chi connectivity index (χ0) is 15.6. The number of aliphatic hydroxyl groups is 1. The summed E-state index contributed by atoms with van der Waals surface area (Å²) in [6.45, 7) is 10.7. The van der Waals surface area contributed by atoms with Crippen LogP contribution >= 0.6 is 0 Å². The molecule has 0 aromatic heterocycles. The highest BCUT2D eigenvalue weighted by Gasteiger charge is 2.27. The number of rotatable bonds is 2.